The van der Waals surface area contributed by atoms with E-state index in [-0.39, 0.29) is 29.5 Å². The first-order valence-corrected chi connectivity index (χ1v) is 7.42. The number of hydrogen-bond acceptors (Lipinski definition) is 4. The molecule has 0 aliphatic carbocycles. The topological polar surface area (TPSA) is 68.2 Å². The molecule has 2 rings (SSSR count). The van der Waals surface area contributed by atoms with Gasteiger partial charge in [-0.3, -0.25) is 4.79 Å². The highest BCUT2D eigenvalue weighted by Crippen LogP contribution is 2.21. The number of carbonyl (C=O) groups is 1. The van der Waals surface area contributed by atoms with Crippen molar-refractivity contribution in [2.75, 3.05) is 13.7 Å². The van der Waals surface area contributed by atoms with E-state index in [1.54, 1.807) is 19.6 Å². The van der Waals surface area contributed by atoms with E-state index in [1.165, 1.54) is 0 Å². The van der Waals surface area contributed by atoms with Crippen LogP contribution < -0.4 is 10.6 Å². The number of ether oxygens (including phenoxy) is 1. The average Bonchev–Trinajstić information content (AvgIpc) is 3.07. The zero-order valence-corrected chi connectivity index (χ0v) is 13.3. The lowest BCUT2D eigenvalue weighted by molar-refractivity contribution is -0.124. The summed E-state index contributed by atoms with van der Waals surface area (Å²) in [5, 5.41) is 6.39. The van der Waals surface area contributed by atoms with Gasteiger partial charge in [0, 0.05) is 32.6 Å². The van der Waals surface area contributed by atoms with E-state index < -0.39 is 0 Å². The smallest absolute Gasteiger partial charge is 0.237 e. The van der Waals surface area contributed by atoms with E-state index in [0.29, 0.717) is 0 Å². The minimum Gasteiger partial charge on any atom is -0.380 e. The van der Waals surface area contributed by atoms with Crippen LogP contribution in [0, 0.1) is 5.41 Å². The molecule has 3 atom stereocenters. The molecule has 118 valence electrons. The molecule has 1 aliphatic rings. The fourth-order valence-corrected chi connectivity index (χ4v) is 2.50. The lowest BCUT2D eigenvalue weighted by Gasteiger charge is -2.32. The second kappa shape index (κ2) is 6.58. The van der Waals surface area contributed by atoms with E-state index in [2.05, 4.69) is 36.4 Å². The van der Waals surface area contributed by atoms with E-state index >= 15 is 0 Å². The molecule has 0 radical (unpaired) electrons. The summed E-state index contributed by atoms with van der Waals surface area (Å²) in [7, 11) is 1.68. The van der Waals surface area contributed by atoms with Gasteiger partial charge in [0.05, 0.1) is 24.5 Å². The van der Waals surface area contributed by atoms with Gasteiger partial charge in [0.15, 0.2) is 0 Å². The van der Waals surface area contributed by atoms with Crippen LogP contribution in [0.1, 0.15) is 27.2 Å². The molecule has 0 aromatic carbocycles. The monoisotopic (exact) mass is 294 g/mol. The first-order valence-electron chi connectivity index (χ1n) is 7.42. The molecular formula is C15H26N4O2. The van der Waals surface area contributed by atoms with Crippen LogP contribution in [0.25, 0.3) is 0 Å². The second-order valence-corrected chi connectivity index (χ2v) is 6.74. The highest BCUT2D eigenvalue weighted by atomic mass is 16.5. The number of methoxy groups -OCH3 is 1. The molecule has 6 nitrogen and oxygen atoms in total. The number of amides is 1. The van der Waals surface area contributed by atoms with Crippen LogP contribution >= 0.6 is 0 Å². The Morgan fingerprint density at radius 3 is 2.86 bits per heavy atom. The minimum atomic E-state index is -0.164. The van der Waals surface area contributed by atoms with Gasteiger partial charge < -0.3 is 19.9 Å². The van der Waals surface area contributed by atoms with Gasteiger partial charge in [-0.1, -0.05) is 20.8 Å². The van der Waals surface area contributed by atoms with Crippen molar-refractivity contribution in [2.45, 2.75) is 51.9 Å². The number of imidazole rings is 1. The zero-order chi connectivity index (χ0) is 15.5. The second-order valence-electron chi connectivity index (χ2n) is 6.74. The predicted molar refractivity (Wildman–Crippen MR) is 80.8 cm³/mol. The van der Waals surface area contributed by atoms with Gasteiger partial charge >= 0.3 is 0 Å². The van der Waals surface area contributed by atoms with Gasteiger partial charge in [-0.2, -0.15) is 0 Å². The molecule has 0 saturated carbocycles. The predicted octanol–water partition coefficient (Wildman–Crippen LogP) is 0.791. The molecule has 6 heteroatoms. The van der Waals surface area contributed by atoms with E-state index in [4.69, 9.17) is 4.74 Å². The van der Waals surface area contributed by atoms with Crippen LogP contribution in [0.15, 0.2) is 18.7 Å². The van der Waals surface area contributed by atoms with E-state index in [9.17, 15) is 4.79 Å². The standard InChI is InChI=1S/C15H26N4O2/c1-15(2,3)13(9-19-6-5-16-10-19)18-14(20)12-7-11(21-4)8-17-12/h5-6,10-13,17H,7-9H2,1-4H3,(H,18,20). The molecule has 1 aromatic heterocycles. The summed E-state index contributed by atoms with van der Waals surface area (Å²) in [5.74, 6) is 0.0505. The van der Waals surface area contributed by atoms with Crippen LogP contribution in [0.2, 0.25) is 0 Å². The Balaban J connectivity index is 1.97. The average molecular weight is 294 g/mol. The van der Waals surface area contributed by atoms with Crippen LogP contribution in [-0.4, -0.2) is 47.3 Å². The van der Waals surface area contributed by atoms with E-state index in [0.717, 1.165) is 19.5 Å². The van der Waals surface area contributed by atoms with Crippen molar-refractivity contribution in [3.63, 3.8) is 0 Å². The molecule has 1 fully saturated rings. The molecular weight excluding hydrogens is 268 g/mol. The quantitative estimate of drug-likeness (QED) is 0.842. The first-order chi connectivity index (χ1) is 9.90. The normalized spacial score (nSPS) is 24.0. The van der Waals surface area contributed by atoms with Gasteiger partial charge in [-0.15, -0.1) is 0 Å². The first kappa shape index (κ1) is 16.0. The Morgan fingerprint density at radius 2 is 2.33 bits per heavy atom. The maximum atomic E-state index is 12.4. The number of nitrogens with zero attached hydrogens (tertiary/aromatic N) is 2. The third-order valence-electron chi connectivity index (χ3n) is 4.05. The van der Waals surface area contributed by atoms with Crippen LogP contribution in [0.5, 0.6) is 0 Å². The molecule has 2 N–H and O–H groups in total. The maximum absolute atomic E-state index is 12.4. The zero-order valence-electron chi connectivity index (χ0n) is 13.3. The Hall–Kier alpha value is -1.40. The largest absolute Gasteiger partial charge is 0.380 e. The van der Waals surface area contributed by atoms with Crippen molar-refractivity contribution >= 4 is 5.91 Å². The fraction of sp³-hybridized carbons (Fsp3) is 0.733. The maximum Gasteiger partial charge on any atom is 0.237 e. The van der Waals surface area contributed by atoms with Crippen molar-refractivity contribution in [1.82, 2.24) is 20.2 Å². The van der Waals surface area contributed by atoms with E-state index in [1.807, 2.05) is 10.8 Å². The minimum absolute atomic E-state index is 0.0286. The third kappa shape index (κ3) is 4.28. The molecule has 1 aromatic rings. The molecule has 1 saturated heterocycles. The Bertz CT molecular complexity index is 453. The SMILES string of the molecule is COC1CNC(C(=O)NC(Cn2ccnc2)C(C)(C)C)C1. The highest BCUT2D eigenvalue weighted by molar-refractivity contribution is 5.82. The molecule has 0 bridgehead atoms. The van der Waals surface area contributed by atoms with Crippen LogP contribution in [0.4, 0.5) is 0 Å². The summed E-state index contributed by atoms with van der Waals surface area (Å²) in [5.41, 5.74) is -0.0286. The van der Waals surface area contributed by atoms with Gasteiger partial charge in [-0.25, -0.2) is 4.98 Å². The summed E-state index contributed by atoms with van der Waals surface area (Å²) in [6, 6.07) is -0.120. The van der Waals surface area contributed by atoms with Crippen molar-refractivity contribution in [2.24, 2.45) is 5.41 Å². The Labute approximate surface area is 126 Å². The molecule has 21 heavy (non-hydrogen) atoms. The molecule has 0 spiro atoms. The summed E-state index contributed by atoms with van der Waals surface area (Å²) in [6.07, 6.45) is 6.30. The number of nitrogens with one attached hydrogen (secondary N) is 2. The number of carbonyl (C=O) groups excluding carboxylic acids is 1. The fourth-order valence-electron chi connectivity index (χ4n) is 2.50. The summed E-state index contributed by atoms with van der Waals surface area (Å²) >= 11 is 0. The Morgan fingerprint density at radius 1 is 1.57 bits per heavy atom. The summed E-state index contributed by atoms with van der Waals surface area (Å²) < 4.78 is 7.29. The van der Waals surface area contributed by atoms with Crippen LogP contribution in [-0.2, 0) is 16.1 Å². The highest BCUT2D eigenvalue weighted by Gasteiger charge is 2.33. The van der Waals surface area contributed by atoms with Gasteiger partial charge in [0.2, 0.25) is 5.91 Å². The Kier molecular flexibility index (Phi) is 5.00. The van der Waals surface area contributed by atoms with Gasteiger partial charge in [0.1, 0.15) is 0 Å². The molecule has 1 amide bonds. The van der Waals surface area contributed by atoms with Crippen molar-refractivity contribution < 1.29 is 9.53 Å². The summed E-state index contributed by atoms with van der Waals surface area (Å²) in [4.78, 5) is 16.5. The lowest BCUT2D eigenvalue weighted by Crippen LogP contribution is -2.51. The number of hydrogen-bond donors (Lipinski definition) is 2. The summed E-state index contributed by atoms with van der Waals surface area (Å²) in [6.45, 7) is 7.85. The molecule has 3 unspecified atom stereocenters. The molecule has 2 heterocycles. The third-order valence-corrected chi connectivity index (χ3v) is 4.05. The molecule has 1 aliphatic heterocycles. The number of rotatable bonds is 5. The van der Waals surface area contributed by atoms with Crippen molar-refractivity contribution in [3.05, 3.63) is 18.7 Å². The lowest BCUT2D eigenvalue weighted by atomic mass is 9.86. The number of aromatic nitrogens is 2. The van der Waals surface area contributed by atoms with Crippen molar-refractivity contribution in [1.29, 1.82) is 0 Å². The van der Waals surface area contributed by atoms with Gasteiger partial charge in [-0.05, 0) is 11.8 Å². The van der Waals surface area contributed by atoms with Crippen molar-refractivity contribution in [3.8, 4) is 0 Å². The van der Waals surface area contributed by atoms with Crippen LogP contribution in [0.3, 0.4) is 0 Å². The van der Waals surface area contributed by atoms with Gasteiger partial charge in [0.25, 0.3) is 0 Å².